The third-order valence-corrected chi connectivity index (χ3v) is 11.3. The van der Waals surface area contributed by atoms with Crippen molar-refractivity contribution in [3.05, 3.63) is 78.2 Å². The molecular formula is C26H24Cl2N2O2S2. The summed E-state index contributed by atoms with van der Waals surface area (Å²) in [6.07, 6.45) is 3.72. The number of thiazole rings is 1. The Balaban J connectivity index is 1.40. The molecule has 4 nitrogen and oxygen atoms in total. The highest BCUT2D eigenvalue weighted by atomic mass is 35.5. The molecule has 8 heteroatoms. The molecule has 2 heterocycles. The number of thioether (sulfide) groups is 1. The van der Waals surface area contributed by atoms with Gasteiger partial charge in [0.1, 0.15) is 6.54 Å². The van der Waals surface area contributed by atoms with Gasteiger partial charge < -0.3 is 5.32 Å². The van der Waals surface area contributed by atoms with Crippen LogP contribution in [0.5, 0.6) is 0 Å². The molecule has 2 aliphatic carbocycles. The van der Waals surface area contributed by atoms with E-state index in [4.69, 9.17) is 23.2 Å². The SMILES string of the molecule is Cc1cccc(NC(=O)Cn2c3c(sc2=O)[C@H](c2cccc(Cl)c2Cl)C2C4CCC(C4)C2S3)c1. The lowest BCUT2D eigenvalue weighted by atomic mass is 9.75. The molecule has 3 aromatic rings. The fraction of sp³-hybridized carbons (Fsp3) is 0.385. The normalized spacial score (nSPS) is 26.9. The van der Waals surface area contributed by atoms with Crippen molar-refractivity contribution < 1.29 is 4.79 Å². The highest BCUT2D eigenvalue weighted by molar-refractivity contribution is 8.00. The van der Waals surface area contributed by atoms with Crippen LogP contribution in [0.3, 0.4) is 0 Å². The lowest BCUT2D eigenvalue weighted by Gasteiger charge is -2.40. The summed E-state index contributed by atoms with van der Waals surface area (Å²) in [6, 6.07) is 13.5. The molecule has 1 aromatic heterocycles. The van der Waals surface area contributed by atoms with Gasteiger partial charge in [-0.15, -0.1) is 11.8 Å². The van der Waals surface area contributed by atoms with Crippen molar-refractivity contribution in [1.82, 2.24) is 4.57 Å². The van der Waals surface area contributed by atoms with Gasteiger partial charge in [0.2, 0.25) is 5.91 Å². The predicted molar refractivity (Wildman–Crippen MR) is 141 cm³/mol. The average Bonchev–Trinajstić information content (AvgIpc) is 3.49. The number of rotatable bonds is 4. The van der Waals surface area contributed by atoms with Gasteiger partial charge in [-0.2, -0.15) is 0 Å². The number of anilines is 1. The summed E-state index contributed by atoms with van der Waals surface area (Å²) in [5, 5.41) is 5.44. The third kappa shape index (κ3) is 3.74. The highest BCUT2D eigenvalue weighted by Crippen LogP contribution is 2.64. The zero-order valence-electron chi connectivity index (χ0n) is 18.6. The number of aryl methyl sites for hydroxylation is 1. The summed E-state index contributed by atoms with van der Waals surface area (Å²) in [5.74, 6) is 1.59. The van der Waals surface area contributed by atoms with E-state index in [0.717, 1.165) is 26.7 Å². The molecule has 0 radical (unpaired) electrons. The summed E-state index contributed by atoms with van der Waals surface area (Å²) in [7, 11) is 0. The molecule has 176 valence electrons. The van der Waals surface area contributed by atoms with E-state index >= 15 is 0 Å². The van der Waals surface area contributed by atoms with Crippen LogP contribution in [0.2, 0.25) is 10.0 Å². The van der Waals surface area contributed by atoms with Gasteiger partial charge in [0, 0.05) is 21.7 Å². The number of amides is 1. The Morgan fingerprint density at radius 1 is 1.15 bits per heavy atom. The first-order valence-electron chi connectivity index (χ1n) is 11.6. The van der Waals surface area contributed by atoms with Gasteiger partial charge in [0.25, 0.3) is 0 Å². The minimum absolute atomic E-state index is 0.00703. The Bertz CT molecular complexity index is 1350. The maximum absolute atomic E-state index is 13.2. The largest absolute Gasteiger partial charge is 0.325 e. The second kappa shape index (κ2) is 8.74. The Hall–Kier alpha value is -1.73. The Morgan fingerprint density at radius 3 is 2.76 bits per heavy atom. The zero-order chi connectivity index (χ0) is 23.6. The molecule has 6 rings (SSSR count). The minimum Gasteiger partial charge on any atom is -0.325 e. The second-order valence-corrected chi connectivity index (χ2v) is 12.6. The Labute approximate surface area is 216 Å². The number of fused-ring (bicyclic) bond motifs is 6. The molecular weight excluding hydrogens is 507 g/mol. The van der Waals surface area contributed by atoms with Gasteiger partial charge >= 0.3 is 4.87 Å². The van der Waals surface area contributed by atoms with Crippen LogP contribution in [-0.4, -0.2) is 15.7 Å². The van der Waals surface area contributed by atoms with Crippen LogP contribution in [0.25, 0.3) is 0 Å². The van der Waals surface area contributed by atoms with Gasteiger partial charge in [-0.05, 0) is 73.3 Å². The number of carbonyl (C=O) groups is 1. The van der Waals surface area contributed by atoms with E-state index in [1.807, 2.05) is 55.1 Å². The third-order valence-electron chi connectivity index (χ3n) is 7.61. The molecule has 2 saturated carbocycles. The molecule has 34 heavy (non-hydrogen) atoms. The van der Waals surface area contributed by atoms with Crippen molar-refractivity contribution >= 4 is 57.9 Å². The van der Waals surface area contributed by atoms with Crippen LogP contribution in [0.1, 0.15) is 41.2 Å². The van der Waals surface area contributed by atoms with Crippen LogP contribution in [-0.2, 0) is 11.3 Å². The number of hydrogen-bond donors (Lipinski definition) is 1. The first-order chi connectivity index (χ1) is 16.4. The van der Waals surface area contributed by atoms with Crippen LogP contribution < -0.4 is 10.2 Å². The number of benzene rings is 2. The molecule has 1 amide bonds. The second-order valence-electron chi connectivity index (χ2n) is 9.65. The van der Waals surface area contributed by atoms with E-state index in [2.05, 4.69) is 11.4 Å². The van der Waals surface area contributed by atoms with Crippen molar-refractivity contribution in [3.8, 4) is 0 Å². The van der Waals surface area contributed by atoms with Gasteiger partial charge in [-0.1, -0.05) is 58.8 Å². The van der Waals surface area contributed by atoms with Gasteiger partial charge in [-0.3, -0.25) is 14.2 Å². The smallest absolute Gasteiger partial charge is 0.308 e. The zero-order valence-corrected chi connectivity index (χ0v) is 21.7. The Kier molecular flexibility index (Phi) is 5.84. The molecule has 3 aliphatic rings. The summed E-state index contributed by atoms with van der Waals surface area (Å²) in [6.45, 7) is 1.99. The average molecular weight is 532 g/mol. The lowest BCUT2D eigenvalue weighted by molar-refractivity contribution is -0.116. The number of hydrogen-bond acceptors (Lipinski definition) is 4. The predicted octanol–water partition coefficient (Wildman–Crippen LogP) is 6.82. The van der Waals surface area contributed by atoms with Crippen molar-refractivity contribution in [1.29, 1.82) is 0 Å². The number of nitrogens with zero attached hydrogens (tertiary/aromatic N) is 1. The first kappa shape index (κ1) is 22.7. The van der Waals surface area contributed by atoms with Crippen LogP contribution in [0, 0.1) is 24.7 Å². The van der Waals surface area contributed by atoms with Gasteiger partial charge in [0.05, 0.1) is 15.1 Å². The monoisotopic (exact) mass is 530 g/mol. The van der Waals surface area contributed by atoms with Crippen LogP contribution in [0.4, 0.5) is 5.69 Å². The van der Waals surface area contributed by atoms with Crippen molar-refractivity contribution in [2.75, 3.05) is 5.32 Å². The fourth-order valence-corrected chi connectivity index (χ4v) is 9.83. The van der Waals surface area contributed by atoms with Gasteiger partial charge in [-0.25, -0.2) is 0 Å². The van der Waals surface area contributed by atoms with Crippen molar-refractivity contribution in [2.24, 2.45) is 17.8 Å². The topological polar surface area (TPSA) is 51.1 Å². The van der Waals surface area contributed by atoms with Gasteiger partial charge in [0.15, 0.2) is 0 Å². The molecule has 1 aliphatic heterocycles. The summed E-state index contributed by atoms with van der Waals surface area (Å²) in [4.78, 5) is 27.1. The number of halogens is 2. The quantitative estimate of drug-likeness (QED) is 0.402. The maximum atomic E-state index is 13.2. The van der Waals surface area contributed by atoms with E-state index in [0.29, 0.717) is 33.0 Å². The minimum atomic E-state index is -0.193. The molecule has 5 atom stereocenters. The highest BCUT2D eigenvalue weighted by Gasteiger charge is 2.55. The maximum Gasteiger partial charge on any atom is 0.308 e. The molecule has 0 saturated heterocycles. The van der Waals surface area contributed by atoms with E-state index < -0.39 is 0 Å². The molecule has 2 fully saturated rings. The number of carbonyl (C=O) groups excluding carboxylic acids is 1. The fourth-order valence-electron chi connectivity index (χ4n) is 6.26. The van der Waals surface area contributed by atoms with Crippen LogP contribution >= 0.6 is 46.3 Å². The molecule has 2 aromatic carbocycles. The summed E-state index contributed by atoms with van der Waals surface area (Å²) < 4.78 is 1.67. The first-order valence-corrected chi connectivity index (χ1v) is 14.1. The number of aromatic nitrogens is 1. The lowest BCUT2D eigenvalue weighted by Crippen LogP contribution is -2.35. The van der Waals surface area contributed by atoms with E-state index in [9.17, 15) is 9.59 Å². The van der Waals surface area contributed by atoms with E-state index in [-0.39, 0.29) is 23.2 Å². The summed E-state index contributed by atoms with van der Waals surface area (Å²) in [5.41, 5.74) is 2.82. The molecule has 4 unspecified atom stereocenters. The molecule has 1 N–H and O–H groups in total. The van der Waals surface area contributed by atoms with E-state index in [1.54, 1.807) is 4.57 Å². The standard InChI is InChI=1S/C26H24Cl2N2O2S2/c1-13-4-2-5-16(10-13)29-19(31)12-30-25-24(34-26(30)32)21(17-6-3-7-18(27)22(17)28)20-14-8-9-15(11-14)23(20)33-25/h2-7,10,14-15,20-21,23H,8-9,11-12H2,1H3,(H,29,31)/t14?,15?,20?,21-,23?/m1/s1. The van der Waals surface area contributed by atoms with E-state index in [1.165, 1.54) is 30.6 Å². The molecule has 0 spiro atoms. The van der Waals surface area contributed by atoms with Crippen molar-refractivity contribution in [2.45, 2.75) is 48.9 Å². The van der Waals surface area contributed by atoms with Crippen LogP contribution in [0.15, 0.2) is 52.3 Å². The molecule has 2 bridgehead atoms. The number of nitrogens with one attached hydrogen (secondary N) is 1. The van der Waals surface area contributed by atoms with Crippen molar-refractivity contribution in [3.63, 3.8) is 0 Å². The Morgan fingerprint density at radius 2 is 1.94 bits per heavy atom. The summed E-state index contributed by atoms with van der Waals surface area (Å²) >= 11 is 16.2.